The fourth-order valence-electron chi connectivity index (χ4n) is 2.67. The quantitative estimate of drug-likeness (QED) is 0.324. The molecular weight excluding hydrogens is 284 g/mol. The predicted molar refractivity (Wildman–Crippen MR) is 98.3 cm³/mol. The zero-order valence-corrected chi connectivity index (χ0v) is 15.2. The molecule has 0 bridgehead atoms. The Labute approximate surface area is 144 Å². The molecule has 0 aromatic carbocycles. The smallest absolute Gasteiger partial charge is 0.157 e. The summed E-state index contributed by atoms with van der Waals surface area (Å²) in [5, 5.41) is 0. The molecule has 1 unspecified atom stereocenters. The molecule has 1 saturated heterocycles. The highest BCUT2D eigenvalue weighted by atomic mass is 16.7. The van der Waals surface area contributed by atoms with Crippen molar-refractivity contribution in [1.29, 1.82) is 0 Å². The van der Waals surface area contributed by atoms with Gasteiger partial charge in [0.15, 0.2) is 6.29 Å². The van der Waals surface area contributed by atoms with Crippen molar-refractivity contribution in [1.82, 2.24) is 0 Å². The summed E-state index contributed by atoms with van der Waals surface area (Å²) in [7, 11) is 0. The Morgan fingerprint density at radius 1 is 1.04 bits per heavy atom. The summed E-state index contributed by atoms with van der Waals surface area (Å²) in [6.45, 7) is 3.95. The van der Waals surface area contributed by atoms with Crippen LogP contribution in [0.15, 0.2) is 12.2 Å². The summed E-state index contributed by atoms with van der Waals surface area (Å²) in [4.78, 5) is 0. The fourth-order valence-corrected chi connectivity index (χ4v) is 2.67. The minimum Gasteiger partial charge on any atom is -0.353 e. The highest BCUT2D eigenvalue weighted by Crippen LogP contribution is 2.14. The van der Waals surface area contributed by atoms with Gasteiger partial charge in [-0.15, -0.1) is 0 Å². The number of hydrogen-bond acceptors (Lipinski definition) is 2. The first-order valence-corrected chi connectivity index (χ1v) is 9.80. The minimum atomic E-state index is 0.0839. The summed E-state index contributed by atoms with van der Waals surface area (Å²) in [5.41, 5.74) is 0. The van der Waals surface area contributed by atoms with Gasteiger partial charge in [-0.2, -0.15) is 0 Å². The van der Waals surface area contributed by atoms with Crippen LogP contribution in [0.5, 0.6) is 0 Å². The minimum absolute atomic E-state index is 0.0839. The molecule has 1 atom stereocenters. The van der Waals surface area contributed by atoms with Crippen molar-refractivity contribution < 1.29 is 9.47 Å². The maximum atomic E-state index is 5.75. The van der Waals surface area contributed by atoms with Crippen molar-refractivity contribution in [2.45, 2.75) is 96.7 Å². The van der Waals surface area contributed by atoms with E-state index in [9.17, 15) is 0 Å². The van der Waals surface area contributed by atoms with Gasteiger partial charge in [0.25, 0.3) is 0 Å². The Balaban J connectivity index is 1.77. The maximum Gasteiger partial charge on any atom is 0.157 e. The van der Waals surface area contributed by atoms with Crippen LogP contribution in [0.25, 0.3) is 0 Å². The molecule has 1 fully saturated rings. The second kappa shape index (κ2) is 16.1. The van der Waals surface area contributed by atoms with Crippen molar-refractivity contribution in [3.05, 3.63) is 12.2 Å². The van der Waals surface area contributed by atoms with Gasteiger partial charge in [-0.3, -0.25) is 0 Å². The molecule has 0 aromatic heterocycles. The Morgan fingerprint density at radius 3 is 2.65 bits per heavy atom. The first-order valence-electron chi connectivity index (χ1n) is 9.80. The first kappa shape index (κ1) is 20.3. The second-order valence-corrected chi connectivity index (χ2v) is 6.40. The molecule has 0 aliphatic carbocycles. The SMILES string of the molecule is CCCCC#C/C=C/CCCCCCCCOC1CCCCO1. The third kappa shape index (κ3) is 13.4. The predicted octanol–water partition coefficient (Wildman–Crippen LogP) is 6.01. The van der Waals surface area contributed by atoms with Crippen LogP contribution in [0.3, 0.4) is 0 Å². The van der Waals surface area contributed by atoms with Crippen LogP contribution in [-0.2, 0) is 9.47 Å². The summed E-state index contributed by atoms with van der Waals surface area (Å²) in [6, 6.07) is 0. The lowest BCUT2D eigenvalue weighted by Crippen LogP contribution is -2.22. The van der Waals surface area contributed by atoms with Gasteiger partial charge >= 0.3 is 0 Å². The lowest BCUT2D eigenvalue weighted by Gasteiger charge is -2.22. The van der Waals surface area contributed by atoms with E-state index in [4.69, 9.17) is 9.47 Å². The average molecular weight is 321 g/mol. The lowest BCUT2D eigenvalue weighted by atomic mass is 10.1. The Hall–Kier alpha value is -0.780. The third-order valence-corrected chi connectivity index (χ3v) is 4.17. The summed E-state index contributed by atoms with van der Waals surface area (Å²) >= 11 is 0. The van der Waals surface area contributed by atoms with Crippen molar-refractivity contribution in [2.75, 3.05) is 13.2 Å². The van der Waals surface area contributed by atoms with Gasteiger partial charge in [0.05, 0.1) is 0 Å². The second-order valence-electron chi connectivity index (χ2n) is 6.40. The number of hydrogen-bond donors (Lipinski definition) is 0. The molecule has 1 aliphatic heterocycles. The number of rotatable bonds is 12. The molecule has 0 N–H and O–H groups in total. The molecule has 1 heterocycles. The van der Waals surface area contributed by atoms with E-state index in [1.165, 1.54) is 70.6 Å². The molecule has 0 amide bonds. The van der Waals surface area contributed by atoms with Crippen LogP contribution >= 0.6 is 0 Å². The molecule has 0 saturated carbocycles. The molecular formula is C21H36O2. The largest absolute Gasteiger partial charge is 0.353 e. The number of allylic oxidation sites excluding steroid dienone is 2. The van der Waals surface area contributed by atoms with E-state index in [1.807, 2.05) is 6.08 Å². The van der Waals surface area contributed by atoms with Crippen LogP contribution in [-0.4, -0.2) is 19.5 Å². The van der Waals surface area contributed by atoms with Crippen LogP contribution in [0.4, 0.5) is 0 Å². The standard InChI is InChI=1S/C21H36O2/c1-2-3-4-5-6-7-8-9-10-11-12-13-14-16-19-22-21-18-15-17-20-23-21/h7-8,21H,2-4,9-20H2,1H3/b8-7+. The first-order chi connectivity index (χ1) is 11.4. The summed E-state index contributed by atoms with van der Waals surface area (Å²) in [5.74, 6) is 6.30. The number of unbranched alkanes of at least 4 members (excludes halogenated alkanes) is 8. The van der Waals surface area contributed by atoms with E-state index in [1.54, 1.807) is 0 Å². The Kier molecular flexibility index (Phi) is 14.2. The van der Waals surface area contributed by atoms with Crippen LogP contribution in [0.1, 0.15) is 90.4 Å². The molecule has 0 radical (unpaired) electrons. The summed E-state index contributed by atoms with van der Waals surface area (Å²) < 4.78 is 11.3. The van der Waals surface area contributed by atoms with Crippen molar-refractivity contribution in [3.63, 3.8) is 0 Å². The maximum absolute atomic E-state index is 5.75. The molecule has 0 spiro atoms. The molecule has 132 valence electrons. The molecule has 2 heteroatoms. The number of ether oxygens (including phenoxy) is 2. The highest BCUT2D eigenvalue weighted by Gasteiger charge is 2.13. The van der Waals surface area contributed by atoms with Gasteiger partial charge in [0.2, 0.25) is 0 Å². The van der Waals surface area contributed by atoms with Gasteiger partial charge in [0, 0.05) is 19.6 Å². The van der Waals surface area contributed by atoms with E-state index in [2.05, 4.69) is 24.8 Å². The van der Waals surface area contributed by atoms with E-state index in [-0.39, 0.29) is 6.29 Å². The molecule has 1 rings (SSSR count). The summed E-state index contributed by atoms with van der Waals surface area (Å²) in [6.07, 6.45) is 20.3. The monoisotopic (exact) mass is 320 g/mol. The zero-order valence-electron chi connectivity index (χ0n) is 15.2. The van der Waals surface area contributed by atoms with Crippen molar-refractivity contribution in [3.8, 4) is 11.8 Å². The third-order valence-electron chi connectivity index (χ3n) is 4.17. The molecule has 0 aromatic rings. The van der Waals surface area contributed by atoms with E-state index < -0.39 is 0 Å². The van der Waals surface area contributed by atoms with Gasteiger partial charge in [-0.1, -0.05) is 56.9 Å². The van der Waals surface area contributed by atoms with Gasteiger partial charge < -0.3 is 9.47 Å². The van der Waals surface area contributed by atoms with E-state index in [0.29, 0.717) is 0 Å². The van der Waals surface area contributed by atoms with Crippen LogP contribution in [0, 0.1) is 11.8 Å². The van der Waals surface area contributed by atoms with Crippen LogP contribution < -0.4 is 0 Å². The Bertz CT molecular complexity index is 331. The van der Waals surface area contributed by atoms with Crippen molar-refractivity contribution >= 4 is 0 Å². The highest BCUT2D eigenvalue weighted by molar-refractivity contribution is 5.14. The molecule has 23 heavy (non-hydrogen) atoms. The molecule has 2 nitrogen and oxygen atoms in total. The van der Waals surface area contributed by atoms with Crippen molar-refractivity contribution in [2.24, 2.45) is 0 Å². The molecule has 1 aliphatic rings. The topological polar surface area (TPSA) is 18.5 Å². The van der Waals surface area contributed by atoms with E-state index >= 15 is 0 Å². The fraction of sp³-hybridized carbons (Fsp3) is 0.810. The van der Waals surface area contributed by atoms with Gasteiger partial charge in [-0.25, -0.2) is 0 Å². The van der Waals surface area contributed by atoms with E-state index in [0.717, 1.165) is 26.1 Å². The Morgan fingerprint density at radius 2 is 1.87 bits per heavy atom. The lowest BCUT2D eigenvalue weighted by molar-refractivity contribution is -0.162. The average Bonchev–Trinajstić information content (AvgIpc) is 2.59. The van der Waals surface area contributed by atoms with Crippen LogP contribution in [0.2, 0.25) is 0 Å². The normalized spacial score (nSPS) is 18.0. The van der Waals surface area contributed by atoms with Gasteiger partial charge in [0.1, 0.15) is 0 Å². The van der Waals surface area contributed by atoms with Gasteiger partial charge in [-0.05, 0) is 51.0 Å². The zero-order chi connectivity index (χ0) is 16.4.